The van der Waals surface area contributed by atoms with Gasteiger partial charge >= 0.3 is 5.97 Å². The number of nitrogens with zero attached hydrogens (tertiary/aromatic N) is 1. The van der Waals surface area contributed by atoms with Gasteiger partial charge in [-0.2, -0.15) is 0 Å². The molecular weight excluding hydrogens is 264 g/mol. The second-order valence-electron chi connectivity index (χ2n) is 5.44. The number of carbonyl (C=O) groups is 2. The number of amides is 1. The highest BCUT2D eigenvalue weighted by Crippen LogP contribution is 2.36. The standard InChI is InChI=1S/C13H22N2O3S/c1-2-4-13(5-3-6-14-8-13)12(18)15-9-19-7-10(15)11(16)17/h10,14H,2-9H2,1H3,(H,16,17)/t10-,13?/m0/s1. The molecule has 6 heteroatoms. The van der Waals surface area contributed by atoms with Crippen molar-refractivity contribution in [3.63, 3.8) is 0 Å². The Morgan fingerprint density at radius 2 is 2.32 bits per heavy atom. The molecule has 2 fully saturated rings. The molecule has 19 heavy (non-hydrogen) atoms. The Morgan fingerprint density at radius 1 is 1.53 bits per heavy atom. The highest BCUT2D eigenvalue weighted by molar-refractivity contribution is 7.99. The topological polar surface area (TPSA) is 69.6 Å². The highest BCUT2D eigenvalue weighted by atomic mass is 32.2. The number of piperidine rings is 1. The van der Waals surface area contributed by atoms with E-state index in [1.165, 1.54) is 11.8 Å². The van der Waals surface area contributed by atoms with Crippen LogP contribution in [0.3, 0.4) is 0 Å². The van der Waals surface area contributed by atoms with Crippen LogP contribution in [0.15, 0.2) is 0 Å². The predicted molar refractivity (Wildman–Crippen MR) is 75.0 cm³/mol. The van der Waals surface area contributed by atoms with Gasteiger partial charge in [0, 0.05) is 12.3 Å². The van der Waals surface area contributed by atoms with Crippen LogP contribution in [0.25, 0.3) is 0 Å². The molecule has 0 aromatic heterocycles. The van der Waals surface area contributed by atoms with E-state index in [1.54, 1.807) is 4.90 Å². The molecule has 0 radical (unpaired) electrons. The number of thioether (sulfide) groups is 1. The minimum absolute atomic E-state index is 0.0407. The van der Waals surface area contributed by atoms with Gasteiger partial charge in [0.2, 0.25) is 5.91 Å². The van der Waals surface area contributed by atoms with E-state index in [1.807, 2.05) is 0 Å². The Bertz CT molecular complexity index is 350. The number of carboxylic acid groups (broad SMARTS) is 1. The van der Waals surface area contributed by atoms with Crippen molar-refractivity contribution in [2.24, 2.45) is 5.41 Å². The summed E-state index contributed by atoms with van der Waals surface area (Å²) >= 11 is 1.53. The predicted octanol–water partition coefficient (Wildman–Crippen LogP) is 1.14. The van der Waals surface area contributed by atoms with Crippen molar-refractivity contribution in [2.75, 3.05) is 24.7 Å². The fourth-order valence-corrected chi connectivity index (χ4v) is 4.25. The van der Waals surface area contributed by atoms with Crippen LogP contribution in [0.1, 0.15) is 32.6 Å². The third kappa shape index (κ3) is 2.89. The molecule has 0 aliphatic carbocycles. The molecule has 2 rings (SSSR count). The highest BCUT2D eigenvalue weighted by Gasteiger charge is 2.46. The maximum atomic E-state index is 12.8. The van der Waals surface area contributed by atoms with Crippen LogP contribution in [0, 0.1) is 5.41 Å². The van der Waals surface area contributed by atoms with Gasteiger partial charge < -0.3 is 15.3 Å². The van der Waals surface area contributed by atoms with Gasteiger partial charge in [0.05, 0.1) is 11.3 Å². The summed E-state index contributed by atoms with van der Waals surface area (Å²) in [4.78, 5) is 25.7. The van der Waals surface area contributed by atoms with Crippen LogP contribution < -0.4 is 5.32 Å². The Labute approximate surface area is 118 Å². The van der Waals surface area contributed by atoms with Gasteiger partial charge in [-0.05, 0) is 25.8 Å². The van der Waals surface area contributed by atoms with E-state index in [0.717, 1.165) is 32.2 Å². The van der Waals surface area contributed by atoms with Gasteiger partial charge in [-0.3, -0.25) is 4.79 Å². The Morgan fingerprint density at radius 3 is 2.89 bits per heavy atom. The summed E-state index contributed by atoms with van der Waals surface area (Å²) in [6.45, 7) is 3.72. The van der Waals surface area contributed by atoms with Gasteiger partial charge in [-0.15, -0.1) is 11.8 Å². The number of nitrogens with one attached hydrogen (secondary N) is 1. The number of carbonyl (C=O) groups excluding carboxylic acids is 1. The fourth-order valence-electron chi connectivity index (χ4n) is 3.10. The molecule has 0 spiro atoms. The first kappa shape index (κ1) is 14.7. The molecule has 1 amide bonds. The Balaban J connectivity index is 2.16. The molecule has 0 bridgehead atoms. The zero-order chi connectivity index (χ0) is 13.9. The summed E-state index contributed by atoms with van der Waals surface area (Å²) < 4.78 is 0. The van der Waals surface area contributed by atoms with E-state index < -0.39 is 12.0 Å². The van der Waals surface area contributed by atoms with Crippen LogP contribution in [-0.2, 0) is 9.59 Å². The van der Waals surface area contributed by atoms with Gasteiger partial charge in [-0.1, -0.05) is 13.3 Å². The summed E-state index contributed by atoms with van der Waals surface area (Å²) in [6.07, 6.45) is 3.66. The molecule has 2 saturated heterocycles. The zero-order valence-electron chi connectivity index (χ0n) is 11.4. The molecule has 108 valence electrons. The van der Waals surface area contributed by atoms with Gasteiger partial charge in [0.25, 0.3) is 0 Å². The smallest absolute Gasteiger partial charge is 0.327 e. The van der Waals surface area contributed by atoms with E-state index in [-0.39, 0.29) is 11.3 Å². The molecule has 2 heterocycles. The molecule has 0 aromatic carbocycles. The van der Waals surface area contributed by atoms with Crippen molar-refractivity contribution in [3.8, 4) is 0 Å². The van der Waals surface area contributed by atoms with E-state index in [4.69, 9.17) is 0 Å². The summed E-state index contributed by atoms with van der Waals surface area (Å²) in [5.41, 5.74) is -0.383. The van der Waals surface area contributed by atoms with Gasteiger partial charge in [0.1, 0.15) is 6.04 Å². The van der Waals surface area contributed by atoms with E-state index in [0.29, 0.717) is 18.2 Å². The van der Waals surface area contributed by atoms with Crippen molar-refractivity contribution < 1.29 is 14.7 Å². The lowest BCUT2D eigenvalue weighted by molar-refractivity contribution is -0.153. The molecule has 5 nitrogen and oxygen atoms in total. The van der Waals surface area contributed by atoms with Crippen LogP contribution in [0.2, 0.25) is 0 Å². The molecule has 2 aliphatic heterocycles. The van der Waals surface area contributed by atoms with Gasteiger partial charge in [0.15, 0.2) is 0 Å². The quantitative estimate of drug-likeness (QED) is 0.811. The maximum Gasteiger partial charge on any atom is 0.327 e. The van der Waals surface area contributed by atoms with Gasteiger partial charge in [-0.25, -0.2) is 4.79 Å². The first-order valence-electron chi connectivity index (χ1n) is 6.93. The molecule has 0 aromatic rings. The van der Waals surface area contributed by atoms with Crippen LogP contribution in [0.4, 0.5) is 0 Å². The minimum Gasteiger partial charge on any atom is -0.480 e. The summed E-state index contributed by atoms with van der Waals surface area (Å²) in [5, 5.41) is 12.5. The maximum absolute atomic E-state index is 12.8. The third-order valence-corrected chi connectivity index (χ3v) is 5.09. The van der Waals surface area contributed by atoms with Crippen LogP contribution in [-0.4, -0.2) is 52.6 Å². The zero-order valence-corrected chi connectivity index (χ0v) is 12.2. The van der Waals surface area contributed by atoms with Crippen molar-refractivity contribution in [2.45, 2.75) is 38.6 Å². The normalized spacial score (nSPS) is 31.4. The second kappa shape index (κ2) is 6.13. The summed E-state index contributed by atoms with van der Waals surface area (Å²) in [7, 11) is 0. The average Bonchev–Trinajstić information content (AvgIpc) is 2.88. The minimum atomic E-state index is -0.881. The van der Waals surface area contributed by atoms with E-state index in [9.17, 15) is 14.7 Å². The number of hydrogen-bond acceptors (Lipinski definition) is 4. The summed E-state index contributed by atoms with van der Waals surface area (Å²) in [5.74, 6) is 0.186. The number of rotatable bonds is 4. The number of hydrogen-bond donors (Lipinski definition) is 2. The number of aliphatic carboxylic acids is 1. The lowest BCUT2D eigenvalue weighted by Gasteiger charge is -2.39. The number of carboxylic acids is 1. The Hall–Kier alpha value is -0.750. The van der Waals surface area contributed by atoms with E-state index >= 15 is 0 Å². The lowest BCUT2D eigenvalue weighted by atomic mass is 9.75. The Kier molecular flexibility index (Phi) is 4.73. The lowest BCUT2D eigenvalue weighted by Crippen LogP contribution is -2.54. The summed E-state index contributed by atoms with van der Waals surface area (Å²) in [6, 6.07) is -0.645. The van der Waals surface area contributed by atoms with E-state index in [2.05, 4.69) is 12.2 Å². The van der Waals surface area contributed by atoms with Crippen molar-refractivity contribution >= 4 is 23.6 Å². The van der Waals surface area contributed by atoms with Crippen molar-refractivity contribution in [1.29, 1.82) is 0 Å². The fraction of sp³-hybridized carbons (Fsp3) is 0.846. The molecule has 2 N–H and O–H groups in total. The van der Waals surface area contributed by atoms with Crippen molar-refractivity contribution in [1.82, 2.24) is 10.2 Å². The third-order valence-electron chi connectivity index (χ3n) is 4.08. The first-order chi connectivity index (χ1) is 9.10. The first-order valence-corrected chi connectivity index (χ1v) is 8.08. The molecule has 2 aliphatic rings. The average molecular weight is 286 g/mol. The monoisotopic (exact) mass is 286 g/mol. The largest absolute Gasteiger partial charge is 0.480 e. The second-order valence-corrected chi connectivity index (χ2v) is 6.44. The molecule has 1 unspecified atom stereocenters. The van der Waals surface area contributed by atoms with Crippen LogP contribution >= 0.6 is 11.8 Å². The molecular formula is C13H22N2O3S. The molecule has 0 saturated carbocycles. The van der Waals surface area contributed by atoms with Crippen LogP contribution in [0.5, 0.6) is 0 Å². The SMILES string of the molecule is CCCC1(C(=O)N2CSC[C@H]2C(=O)O)CCCNC1. The molecule has 2 atom stereocenters. The van der Waals surface area contributed by atoms with Crippen molar-refractivity contribution in [3.05, 3.63) is 0 Å².